The van der Waals surface area contributed by atoms with Crippen LogP contribution in [0.4, 0.5) is 5.69 Å². The Morgan fingerprint density at radius 2 is 1.83 bits per heavy atom. The number of nitrogens with one attached hydrogen (secondary N) is 2. The molecule has 2 rings (SSSR count). The molecule has 0 atom stereocenters. The van der Waals surface area contributed by atoms with Crippen molar-refractivity contribution in [2.45, 2.75) is 11.8 Å². The SMILES string of the molecule is Cc1ccccc1S(=O)(=O)NCC(=O)Nc1ccc(Cl)cc1Cl. The van der Waals surface area contributed by atoms with Crippen LogP contribution in [0.1, 0.15) is 5.56 Å². The van der Waals surface area contributed by atoms with Gasteiger partial charge in [-0.1, -0.05) is 41.4 Å². The number of hydrogen-bond acceptors (Lipinski definition) is 3. The molecule has 0 saturated heterocycles. The third-order valence-corrected chi connectivity index (χ3v) is 5.12. The van der Waals surface area contributed by atoms with Gasteiger partial charge in [-0.05, 0) is 36.8 Å². The Hall–Kier alpha value is -1.60. The fourth-order valence-electron chi connectivity index (χ4n) is 1.88. The first-order valence-corrected chi connectivity index (χ1v) is 8.84. The van der Waals surface area contributed by atoms with Crippen molar-refractivity contribution >= 4 is 44.8 Å². The molecule has 1 amide bonds. The molecule has 0 saturated carbocycles. The lowest BCUT2D eigenvalue weighted by molar-refractivity contribution is -0.115. The number of amides is 1. The number of carbonyl (C=O) groups excluding carboxylic acids is 1. The highest BCUT2D eigenvalue weighted by atomic mass is 35.5. The van der Waals surface area contributed by atoms with E-state index in [4.69, 9.17) is 23.2 Å². The maximum atomic E-state index is 12.2. The van der Waals surface area contributed by atoms with E-state index >= 15 is 0 Å². The molecule has 2 aromatic carbocycles. The van der Waals surface area contributed by atoms with Crippen LogP contribution in [0, 0.1) is 6.92 Å². The highest BCUT2D eigenvalue weighted by Gasteiger charge is 2.17. The van der Waals surface area contributed by atoms with Crippen LogP contribution < -0.4 is 10.0 Å². The summed E-state index contributed by atoms with van der Waals surface area (Å²) in [5.74, 6) is -0.536. The molecule has 122 valence electrons. The number of hydrogen-bond donors (Lipinski definition) is 2. The van der Waals surface area contributed by atoms with Crippen LogP contribution in [0.25, 0.3) is 0 Å². The van der Waals surface area contributed by atoms with Crippen LogP contribution >= 0.6 is 23.2 Å². The zero-order chi connectivity index (χ0) is 17.0. The van der Waals surface area contributed by atoms with Crippen molar-refractivity contribution in [3.8, 4) is 0 Å². The van der Waals surface area contributed by atoms with E-state index in [1.807, 2.05) is 0 Å². The standard InChI is InChI=1S/C15H14Cl2N2O3S/c1-10-4-2-3-5-14(10)23(21,22)18-9-15(20)19-13-7-6-11(16)8-12(13)17/h2-8,18H,9H2,1H3,(H,19,20). The third kappa shape index (κ3) is 4.68. The minimum Gasteiger partial charge on any atom is -0.324 e. The number of aryl methyl sites for hydroxylation is 1. The number of sulfonamides is 1. The van der Waals surface area contributed by atoms with Crippen LogP contribution in [-0.2, 0) is 14.8 Å². The van der Waals surface area contributed by atoms with Crippen molar-refractivity contribution in [1.29, 1.82) is 0 Å². The Balaban J connectivity index is 2.03. The largest absolute Gasteiger partial charge is 0.324 e. The van der Waals surface area contributed by atoms with E-state index in [1.165, 1.54) is 12.1 Å². The van der Waals surface area contributed by atoms with Crippen molar-refractivity contribution in [3.05, 3.63) is 58.1 Å². The molecule has 8 heteroatoms. The minimum atomic E-state index is -3.76. The Bertz CT molecular complexity index is 838. The topological polar surface area (TPSA) is 75.3 Å². The van der Waals surface area contributed by atoms with Gasteiger partial charge in [0, 0.05) is 5.02 Å². The van der Waals surface area contributed by atoms with E-state index in [-0.39, 0.29) is 9.92 Å². The van der Waals surface area contributed by atoms with Gasteiger partial charge in [0.25, 0.3) is 0 Å². The Labute approximate surface area is 144 Å². The maximum Gasteiger partial charge on any atom is 0.241 e. The van der Waals surface area contributed by atoms with Crippen molar-refractivity contribution in [3.63, 3.8) is 0 Å². The molecule has 23 heavy (non-hydrogen) atoms. The second-order valence-corrected chi connectivity index (χ2v) is 7.34. The Morgan fingerprint density at radius 3 is 2.48 bits per heavy atom. The summed E-state index contributed by atoms with van der Waals surface area (Å²) in [5, 5.41) is 3.23. The lowest BCUT2D eigenvalue weighted by Crippen LogP contribution is -2.33. The Morgan fingerprint density at radius 1 is 1.13 bits per heavy atom. The normalized spacial score (nSPS) is 11.3. The molecule has 0 aliphatic heterocycles. The number of anilines is 1. The first-order valence-electron chi connectivity index (χ1n) is 6.60. The van der Waals surface area contributed by atoms with E-state index in [1.54, 1.807) is 37.3 Å². The molecule has 0 heterocycles. The zero-order valence-corrected chi connectivity index (χ0v) is 14.5. The molecule has 0 bridgehead atoms. The van der Waals surface area contributed by atoms with Gasteiger partial charge in [-0.2, -0.15) is 0 Å². The lowest BCUT2D eigenvalue weighted by atomic mass is 10.2. The first kappa shape index (κ1) is 17.7. The van der Waals surface area contributed by atoms with Gasteiger partial charge in [0.15, 0.2) is 0 Å². The Kier molecular flexibility index (Phi) is 5.64. The molecule has 0 unspecified atom stereocenters. The van der Waals surface area contributed by atoms with Crippen molar-refractivity contribution < 1.29 is 13.2 Å². The van der Waals surface area contributed by atoms with E-state index in [2.05, 4.69) is 10.0 Å². The van der Waals surface area contributed by atoms with Crippen molar-refractivity contribution in [1.82, 2.24) is 4.72 Å². The fourth-order valence-corrected chi connectivity index (χ4v) is 3.56. The molecule has 0 aromatic heterocycles. The number of rotatable bonds is 5. The van der Waals surface area contributed by atoms with Crippen LogP contribution in [0.3, 0.4) is 0 Å². The summed E-state index contributed by atoms with van der Waals surface area (Å²) in [7, 11) is -3.76. The number of halogens is 2. The van der Waals surface area contributed by atoms with Gasteiger partial charge in [0.05, 0.1) is 22.2 Å². The second kappa shape index (κ2) is 7.31. The monoisotopic (exact) mass is 372 g/mol. The van der Waals surface area contributed by atoms with Crippen molar-refractivity contribution in [2.75, 3.05) is 11.9 Å². The maximum absolute atomic E-state index is 12.2. The predicted molar refractivity (Wildman–Crippen MR) is 91.5 cm³/mol. The molecule has 0 spiro atoms. The number of carbonyl (C=O) groups is 1. The highest BCUT2D eigenvalue weighted by Crippen LogP contribution is 2.25. The summed E-state index contributed by atoms with van der Waals surface area (Å²) in [6, 6.07) is 11.1. The molecule has 2 aromatic rings. The van der Waals surface area contributed by atoms with Crippen LogP contribution in [0.2, 0.25) is 10.0 Å². The summed E-state index contributed by atoms with van der Waals surface area (Å²) in [6.07, 6.45) is 0. The van der Waals surface area contributed by atoms with E-state index in [9.17, 15) is 13.2 Å². The average molecular weight is 373 g/mol. The molecular formula is C15H14Cl2N2O3S. The molecular weight excluding hydrogens is 359 g/mol. The molecule has 0 radical (unpaired) electrons. The van der Waals surface area contributed by atoms with Crippen molar-refractivity contribution in [2.24, 2.45) is 0 Å². The number of benzene rings is 2. The summed E-state index contributed by atoms with van der Waals surface area (Å²) in [5.41, 5.74) is 0.956. The summed E-state index contributed by atoms with van der Waals surface area (Å²) in [6.45, 7) is 1.28. The quantitative estimate of drug-likeness (QED) is 0.845. The van der Waals surface area contributed by atoms with Crippen LogP contribution in [-0.4, -0.2) is 20.9 Å². The smallest absolute Gasteiger partial charge is 0.241 e. The first-order chi connectivity index (χ1) is 10.8. The zero-order valence-electron chi connectivity index (χ0n) is 12.1. The van der Waals surface area contributed by atoms with Crippen LogP contribution in [0.5, 0.6) is 0 Å². The van der Waals surface area contributed by atoms with Crippen LogP contribution in [0.15, 0.2) is 47.4 Å². The third-order valence-electron chi connectivity index (χ3n) is 3.01. The van der Waals surface area contributed by atoms with Gasteiger partial charge in [-0.15, -0.1) is 0 Å². The minimum absolute atomic E-state index is 0.136. The van der Waals surface area contributed by atoms with E-state index < -0.39 is 22.5 Å². The molecule has 5 nitrogen and oxygen atoms in total. The fraction of sp³-hybridized carbons (Fsp3) is 0.133. The molecule has 0 fully saturated rings. The van der Waals surface area contributed by atoms with Gasteiger partial charge < -0.3 is 5.32 Å². The van der Waals surface area contributed by atoms with Gasteiger partial charge in [-0.3, -0.25) is 4.79 Å². The van der Waals surface area contributed by atoms with E-state index in [0.717, 1.165) is 0 Å². The van der Waals surface area contributed by atoms with Gasteiger partial charge in [-0.25, -0.2) is 13.1 Å². The predicted octanol–water partition coefficient (Wildman–Crippen LogP) is 3.22. The van der Waals surface area contributed by atoms with E-state index in [0.29, 0.717) is 16.3 Å². The highest BCUT2D eigenvalue weighted by molar-refractivity contribution is 7.89. The summed E-state index contributed by atoms with van der Waals surface area (Å²) in [4.78, 5) is 12.0. The lowest BCUT2D eigenvalue weighted by Gasteiger charge is -2.10. The molecule has 0 aliphatic carbocycles. The van der Waals surface area contributed by atoms with Gasteiger partial charge in [0.2, 0.25) is 15.9 Å². The second-order valence-electron chi connectivity index (χ2n) is 4.76. The molecule has 0 aliphatic rings. The summed E-state index contributed by atoms with van der Waals surface area (Å²) >= 11 is 11.7. The van der Waals surface area contributed by atoms with Gasteiger partial charge >= 0.3 is 0 Å². The summed E-state index contributed by atoms with van der Waals surface area (Å²) < 4.78 is 26.6. The average Bonchev–Trinajstić information content (AvgIpc) is 2.48. The van der Waals surface area contributed by atoms with Gasteiger partial charge in [0.1, 0.15) is 0 Å². The molecule has 2 N–H and O–H groups in total.